The molecule has 0 radical (unpaired) electrons. The molecule has 170 valence electrons. The van der Waals surface area contributed by atoms with Gasteiger partial charge in [-0.25, -0.2) is 0 Å². The predicted octanol–water partition coefficient (Wildman–Crippen LogP) is 3.38. The van der Waals surface area contributed by atoms with Crippen molar-refractivity contribution < 1.29 is 14.4 Å². The summed E-state index contributed by atoms with van der Waals surface area (Å²) in [7, 11) is 3.50. The third-order valence-electron chi connectivity index (χ3n) is 5.59. The first-order valence-corrected chi connectivity index (χ1v) is 11.1. The smallest absolute Gasteiger partial charge is 0.253 e. The predicted molar refractivity (Wildman–Crippen MR) is 127 cm³/mol. The molecule has 2 N–H and O–H groups in total. The number of amides is 3. The van der Waals surface area contributed by atoms with E-state index in [4.69, 9.17) is 0 Å². The molecule has 0 bridgehead atoms. The minimum atomic E-state index is -0.158. The lowest BCUT2D eigenvalue weighted by Gasteiger charge is -2.26. The number of carbonyl (C=O) groups is 3. The van der Waals surface area contributed by atoms with Crippen LogP contribution in [0.3, 0.4) is 0 Å². The number of nitrogens with zero attached hydrogens (tertiary/aromatic N) is 2. The SMILES string of the molecule is CN(C)C(=O)CCc1ccc(NC(=O)CNc2ccc(C(=O)N3CCCCC3)cc2)cc1. The van der Waals surface area contributed by atoms with Gasteiger partial charge in [0.15, 0.2) is 0 Å². The first kappa shape index (κ1) is 23.3. The molecule has 1 fully saturated rings. The number of rotatable bonds is 8. The number of aryl methyl sites for hydroxylation is 1. The second-order valence-electron chi connectivity index (χ2n) is 8.32. The fourth-order valence-corrected chi connectivity index (χ4v) is 3.63. The number of anilines is 2. The summed E-state index contributed by atoms with van der Waals surface area (Å²) in [6.07, 6.45) is 4.46. The van der Waals surface area contributed by atoms with E-state index in [-0.39, 0.29) is 24.3 Å². The maximum atomic E-state index is 12.5. The molecule has 1 aliphatic heterocycles. The van der Waals surface area contributed by atoms with Crippen molar-refractivity contribution in [1.29, 1.82) is 0 Å². The Labute approximate surface area is 189 Å². The molecular formula is C25H32N4O3. The molecule has 1 aliphatic rings. The van der Waals surface area contributed by atoms with E-state index in [0.717, 1.165) is 37.2 Å². The van der Waals surface area contributed by atoms with Crippen LogP contribution in [0.1, 0.15) is 41.6 Å². The molecule has 0 spiro atoms. The van der Waals surface area contributed by atoms with Crippen molar-refractivity contribution in [3.63, 3.8) is 0 Å². The maximum Gasteiger partial charge on any atom is 0.253 e. The number of carbonyl (C=O) groups excluding carboxylic acids is 3. The van der Waals surface area contributed by atoms with Crippen LogP contribution in [-0.2, 0) is 16.0 Å². The van der Waals surface area contributed by atoms with E-state index in [1.54, 1.807) is 31.1 Å². The zero-order chi connectivity index (χ0) is 22.9. The molecule has 3 rings (SSSR count). The van der Waals surface area contributed by atoms with Gasteiger partial charge in [-0.15, -0.1) is 0 Å². The maximum absolute atomic E-state index is 12.5. The first-order valence-electron chi connectivity index (χ1n) is 11.1. The topological polar surface area (TPSA) is 81.8 Å². The van der Waals surface area contributed by atoms with Gasteiger partial charge in [-0.3, -0.25) is 14.4 Å². The Morgan fingerprint density at radius 2 is 1.50 bits per heavy atom. The highest BCUT2D eigenvalue weighted by atomic mass is 16.2. The first-order chi connectivity index (χ1) is 15.4. The van der Waals surface area contributed by atoms with E-state index in [1.165, 1.54) is 6.42 Å². The average molecular weight is 437 g/mol. The van der Waals surface area contributed by atoms with Gasteiger partial charge in [-0.05, 0) is 67.6 Å². The minimum absolute atomic E-state index is 0.0727. The van der Waals surface area contributed by atoms with E-state index in [0.29, 0.717) is 24.1 Å². The molecule has 1 saturated heterocycles. The standard InChI is InChI=1S/C25H32N4O3/c1-28(2)24(31)15-8-19-6-11-22(12-7-19)27-23(30)18-26-21-13-9-20(10-14-21)25(32)29-16-4-3-5-17-29/h6-7,9-14,26H,3-5,8,15-18H2,1-2H3,(H,27,30). The Hall–Kier alpha value is -3.35. The number of hydrogen-bond acceptors (Lipinski definition) is 4. The lowest BCUT2D eigenvalue weighted by Crippen LogP contribution is -2.35. The van der Waals surface area contributed by atoms with Crippen molar-refractivity contribution in [2.75, 3.05) is 44.4 Å². The number of hydrogen-bond donors (Lipinski definition) is 2. The zero-order valence-electron chi connectivity index (χ0n) is 18.9. The van der Waals surface area contributed by atoms with Gasteiger partial charge in [0.25, 0.3) is 5.91 Å². The molecule has 3 amide bonds. The molecule has 2 aromatic carbocycles. The van der Waals surface area contributed by atoms with Crippen LogP contribution in [0, 0.1) is 0 Å². The second-order valence-corrected chi connectivity index (χ2v) is 8.32. The Bertz CT molecular complexity index is 917. The average Bonchev–Trinajstić information content (AvgIpc) is 2.82. The fourth-order valence-electron chi connectivity index (χ4n) is 3.63. The van der Waals surface area contributed by atoms with Crippen LogP contribution in [0.2, 0.25) is 0 Å². The Balaban J connectivity index is 1.43. The third-order valence-corrected chi connectivity index (χ3v) is 5.59. The van der Waals surface area contributed by atoms with Gasteiger partial charge < -0.3 is 20.4 Å². The van der Waals surface area contributed by atoms with Gasteiger partial charge in [0.1, 0.15) is 0 Å². The molecular weight excluding hydrogens is 404 g/mol. The normalized spacial score (nSPS) is 13.4. The summed E-state index contributed by atoms with van der Waals surface area (Å²) in [6, 6.07) is 14.8. The monoisotopic (exact) mass is 436 g/mol. The van der Waals surface area contributed by atoms with Crippen LogP contribution in [-0.4, -0.2) is 61.3 Å². The minimum Gasteiger partial charge on any atom is -0.376 e. The van der Waals surface area contributed by atoms with Gasteiger partial charge >= 0.3 is 0 Å². The summed E-state index contributed by atoms with van der Waals surface area (Å²) in [5.74, 6) is 0.00914. The molecule has 0 saturated carbocycles. The van der Waals surface area contributed by atoms with E-state index in [1.807, 2.05) is 41.3 Å². The lowest BCUT2D eigenvalue weighted by atomic mass is 10.1. The quantitative estimate of drug-likeness (QED) is 0.665. The van der Waals surface area contributed by atoms with E-state index >= 15 is 0 Å². The van der Waals surface area contributed by atoms with Gasteiger partial charge in [0.05, 0.1) is 6.54 Å². The molecule has 0 aromatic heterocycles. The summed E-state index contributed by atoms with van der Waals surface area (Å²) >= 11 is 0. The molecule has 7 heteroatoms. The third kappa shape index (κ3) is 6.83. The Kier molecular flexibility index (Phi) is 8.25. The molecule has 32 heavy (non-hydrogen) atoms. The van der Waals surface area contributed by atoms with Crippen molar-refractivity contribution in [2.45, 2.75) is 32.1 Å². The van der Waals surface area contributed by atoms with Gasteiger partial charge in [-0.1, -0.05) is 12.1 Å². The van der Waals surface area contributed by atoms with Crippen LogP contribution in [0.15, 0.2) is 48.5 Å². The van der Waals surface area contributed by atoms with Crippen LogP contribution < -0.4 is 10.6 Å². The highest BCUT2D eigenvalue weighted by Crippen LogP contribution is 2.16. The van der Waals surface area contributed by atoms with Crippen LogP contribution in [0.5, 0.6) is 0 Å². The fraction of sp³-hybridized carbons (Fsp3) is 0.400. The summed E-state index contributed by atoms with van der Waals surface area (Å²) in [6.45, 7) is 1.78. The number of benzene rings is 2. The van der Waals surface area contributed by atoms with Crippen molar-refractivity contribution in [2.24, 2.45) is 0 Å². The van der Waals surface area contributed by atoms with E-state index in [9.17, 15) is 14.4 Å². The summed E-state index contributed by atoms with van der Waals surface area (Å²) in [4.78, 5) is 40.0. The summed E-state index contributed by atoms with van der Waals surface area (Å²) in [5, 5.41) is 5.94. The highest BCUT2D eigenvalue weighted by Gasteiger charge is 2.17. The Morgan fingerprint density at radius 1 is 0.875 bits per heavy atom. The van der Waals surface area contributed by atoms with Crippen molar-refractivity contribution in [3.8, 4) is 0 Å². The van der Waals surface area contributed by atoms with Crippen LogP contribution in [0.25, 0.3) is 0 Å². The Morgan fingerprint density at radius 3 is 2.12 bits per heavy atom. The van der Waals surface area contributed by atoms with Crippen molar-refractivity contribution in [1.82, 2.24) is 9.80 Å². The van der Waals surface area contributed by atoms with E-state index in [2.05, 4.69) is 10.6 Å². The highest BCUT2D eigenvalue weighted by molar-refractivity contribution is 5.95. The van der Waals surface area contributed by atoms with Gasteiger partial charge in [-0.2, -0.15) is 0 Å². The molecule has 7 nitrogen and oxygen atoms in total. The van der Waals surface area contributed by atoms with Crippen LogP contribution >= 0.6 is 0 Å². The van der Waals surface area contributed by atoms with Crippen molar-refractivity contribution in [3.05, 3.63) is 59.7 Å². The van der Waals surface area contributed by atoms with E-state index < -0.39 is 0 Å². The summed E-state index contributed by atoms with van der Waals surface area (Å²) in [5.41, 5.74) is 3.23. The van der Waals surface area contributed by atoms with Crippen molar-refractivity contribution >= 4 is 29.1 Å². The number of likely N-dealkylation sites (tertiary alicyclic amines) is 1. The lowest BCUT2D eigenvalue weighted by molar-refractivity contribution is -0.128. The zero-order valence-corrected chi connectivity index (χ0v) is 18.9. The number of piperidine rings is 1. The second kappa shape index (κ2) is 11.3. The van der Waals surface area contributed by atoms with Gasteiger partial charge in [0.2, 0.25) is 11.8 Å². The van der Waals surface area contributed by atoms with Gasteiger partial charge in [0, 0.05) is 50.5 Å². The molecule has 1 heterocycles. The molecule has 2 aromatic rings. The summed E-state index contributed by atoms with van der Waals surface area (Å²) < 4.78 is 0. The number of nitrogens with one attached hydrogen (secondary N) is 2. The van der Waals surface area contributed by atoms with Crippen LogP contribution in [0.4, 0.5) is 11.4 Å². The molecule has 0 atom stereocenters. The molecule has 0 aliphatic carbocycles. The molecule has 0 unspecified atom stereocenters. The largest absolute Gasteiger partial charge is 0.376 e.